The Morgan fingerprint density at radius 2 is 1.76 bits per heavy atom. The number of hydrogen-bond donors (Lipinski definition) is 0. The average molecular weight is 417 g/mol. The molecule has 2 aromatic rings. The zero-order chi connectivity index (χ0) is 20.3. The smallest absolute Gasteiger partial charge is 0.247 e. The minimum absolute atomic E-state index is 0.176. The van der Waals surface area contributed by atoms with Gasteiger partial charge in [-0.1, -0.05) is 42.5 Å². The molecule has 0 amide bonds. The first-order valence-electron chi connectivity index (χ1n) is 10.1. The SMILES string of the molecule is COCCN1CC[C@@H]2Oc3ccccc3S(=O)(=O)N(Cc3ccccc3)[C@H]2CC1. The van der Waals surface area contributed by atoms with Crippen molar-refractivity contribution in [3.05, 3.63) is 60.2 Å². The molecule has 0 aliphatic carbocycles. The zero-order valence-electron chi connectivity index (χ0n) is 16.7. The molecule has 0 saturated carbocycles. The minimum Gasteiger partial charge on any atom is -0.487 e. The van der Waals surface area contributed by atoms with Gasteiger partial charge in [0.2, 0.25) is 10.0 Å². The van der Waals surface area contributed by atoms with Crippen LogP contribution in [0.1, 0.15) is 18.4 Å². The molecule has 4 rings (SSSR count). The van der Waals surface area contributed by atoms with Gasteiger partial charge in [-0.15, -0.1) is 0 Å². The lowest BCUT2D eigenvalue weighted by atomic mass is 10.1. The van der Waals surface area contributed by atoms with E-state index in [1.807, 2.05) is 36.4 Å². The van der Waals surface area contributed by atoms with E-state index < -0.39 is 10.0 Å². The summed E-state index contributed by atoms with van der Waals surface area (Å²) in [5.41, 5.74) is 0.981. The molecular formula is C22H28N2O4S. The van der Waals surface area contributed by atoms with Crippen molar-refractivity contribution in [3.63, 3.8) is 0 Å². The summed E-state index contributed by atoms with van der Waals surface area (Å²) >= 11 is 0. The maximum atomic E-state index is 13.7. The molecule has 0 bridgehead atoms. The zero-order valence-corrected chi connectivity index (χ0v) is 17.6. The lowest BCUT2D eigenvalue weighted by Gasteiger charge is -2.32. The van der Waals surface area contributed by atoms with E-state index in [0.717, 1.165) is 38.0 Å². The molecule has 2 aliphatic rings. The highest BCUT2D eigenvalue weighted by Gasteiger charge is 2.43. The van der Waals surface area contributed by atoms with Crippen LogP contribution in [0.25, 0.3) is 0 Å². The monoisotopic (exact) mass is 416 g/mol. The fourth-order valence-electron chi connectivity index (χ4n) is 4.22. The van der Waals surface area contributed by atoms with Crippen LogP contribution in [0.2, 0.25) is 0 Å². The third-order valence-corrected chi connectivity index (χ3v) is 7.69. The summed E-state index contributed by atoms with van der Waals surface area (Å²) < 4.78 is 40.5. The molecular weight excluding hydrogens is 388 g/mol. The lowest BCUT2D eigenvalue weighted by Crippen LogP contribution is -2.46. The molecule has 0 radical (unpaired) electrons. The normalized spacial score (nSPS) is 24.6. The summed E-state index contributed by atoms with van der Waals surface area (Å²) in [6, 6.07) is 16.6. The number of nitrogens with zero attached hydrogens (tertiary/aromatic N) is 2. The number of hydrogen-bond acceptors (Lipinski definition) is 5. The van der Waals surface area contributed by atoms with Gasteiger partial charge >= 0.3 is 0 Å². The quantitative estimate of drug-likeness (QED) is 0.750. The first-order chi connectivity index (χ1) is 14.1. The van der Waals surface area contributed by atoms with Crippen molar-refractivity contribution in [2.75, 3.05) is 33.4 Å². The molecule has 2 aromatic carbocycles. The summed E-state index contributed by atoms with van der Waals surface area (Å²) in [4.78, 5) is 2.60. The number of ether oxygens (including phenoxy) is 2. The Morgan fingerprint density at radius 1 is 1.03 bits per heavy atom. The van der Waals surface area contributed by atoms with Crippen molar-refractivity contribution in [2.24, 2.45) is 0 Å². The van der Waals surface area contributed by atoms with Crippen molar-refractivity contribution >= 4 is 10.0 Å². The van der Waals surface area contributed by atoms with Gasteiger partial charge in [0.1, 0.15) is 16.7 Å². The van der Waals surface area contributed by atoms with E-state index in [0.29, 0.717) is 18.9 Å². The van der Waals surface area contributed by atoms with Gasteiger partial charge in [-0.25, -0.2) is 8.42 Å². The van der Waals surface area contributed by atoms with Gasteiger partial charge in [0.25, 0.3) is 0 Å². The van der Waals surface area contributed by atoms with E-state index in [-0.39, 0.29) is 17.0 Å². The third kappa shape index (κ3) is 4.33. The second-order valence-electron chi connectivity index (χ2n) is 7.62. The molecule has 2 atom stereocenters. The fraction of sp³-hybridized carbons (Fsp3) is 0.455. The van der Waals surface area contributed by atoms with Crippen LogP contribution >= 0.6 is 0 Å². The molecule has 1 fully saturated rings. The second-order valence-corrected chi connectivity index (χ2v) is 9.48. The number of methoxy groups -OCH3 is 1. The molecule has 0 spiro atoms. The van der Waals surface area contributed by atoms with Crippen LogP contribution in [0.4, 0.5) is 0 Å². The molecule has 0 aromatic heterocycles. The van der Waals surface area contributed by atoms with Crippen LogP contribution < -0.4 is 4.74 Å². The van der Waals surface area contributed by atoms with Crippen LogP contribution in [0, 0.1) is 0 Å². The standard InChI is InChI=1S/C22H28N2O4S/c1-27-16-15-23-13-11-19-20(12-14-23)28-21-9-5-6-10-22(21)29(25,26)24(19)17-18-7-3-2-4-8-18/h2-10,19-20H,11-17H2,1H3/t19-,20-/m0/s1. The maximum Gasteiger partial charge on any atom is 0.247 e. The van der Waals surface area contributed by atoms with Crippen molar-refractivity contribution in [2.45, 2.75) is 36.4 Å². The predicted octanol–water partition coefficient (Wildman–Crippen LogP) is 2.75. The van der Waals surface area contributed by atoms with Gasteiger partial charge in [0.15, 0.2) is 0 Å². The Kier molecular flexibility index (Phi) is 6.20. The van der Waals surface area contributed by atoms with Crippen LogP contribution in [-0.4, -0.2) is 63.1 Å². The molecule has 2 aliphatic heterocycles. The second kappa shape index (κ2) is 8.83. The van der Waals surface area contributed by atoms with Gasteiger partial charge in [0, 0.05) is 26.7 Å². The van der Waals surface area contributed by atoms with Crippen molar-refractivity contribution in [3.8, 4) is 5.75 Å². The molecule has 6 nitrogen and oxygen atoms in total. The Morgan fingerprint density at radius 3 is 2.55 bits per heavy atom. The summed E-state index contributed by atoms with van der Waals surface area (Å²) in [5, 5.41) is 0. The Labute approximate surface area is 173 Å². The van der Waals surface area contributed by atoms with Crippen molar-refractivity contribution in [1.82, 2.24) is 9.21 Å². The average Bonchev–Trinajstić information content (AvgIpc) is 2.97. The van der Waals surface area contributed by atoms with Crippen LogP contribution in [0.3, 0.4) is 0 Å². The number of para-hydroxylation sites is 1. The Balaban J connectivity index is 1.70. The van der Waals surface area contributed by atoms with E-state index in [1.165, 1.54) is 0 Å². The van der Waals surface area contributed by atoms with Gasteiger partial charge < -0.3 is 14.4 Å². The Bertz CT molecular complexity index is 919. The highest BCUT2D eigenvalue weighted by molar-refractivity contribution is 7.89. The van der Waals surface area contributed by atoms with Crippen LogP contribution in [0.15, 0.2) is 59.5 Å². The van der Waals surface area contributed by atoms with Crippen molar-refractivity contribution in [1.29, 1.82) is 0 Å². The molecule has 2 heterocycles. The van der Waals surface area contributed by atoms with E-state index in [9.17, 15) is 8.42 Å². The highest BCUT2D eigenvalue weighted by Crippen LogP contribution is 2.37. The van der Waals surface area contributed by atoms with Crippen molar-refractivity contribution < 1.29 is 17.9 Å². The highest BCUT2D eigenvalue weighted by atomic mass is 32.2. The molecule has 156 valence electrons. The molecule has 29 heavy (non-hydrogen) atoms. The minimum atomic E-state index is -3.67. The number of sulfonamides is 1. The first-order valence-corrected chi connectivity index (χ1v) is 11.6. The molecule has 0 unspecified atom stereocenters. The molecule has 1 saturated heterocycles. The first kappa shape index (κ1) is 20.3. The maximum absolute atomic E-state index is 13.7. The van der Waals surface area contributed by atoms with E-state index in [1.54, 1.807) is 29.6 Å². The van der Waals surface area contributed by atoms with E-state index >= 15 is 0 Å². The van der Waals surface area contributed by atoms with Gasteiger partial charge in [-0.2, -0.15) is 4.31 Å². The van der Waals surface area contributed by atoms with Gasteiger partial charge in [-0.3, -0.25) is 0 Å². The van der Waals surface area contributed by atoms with Crippen LogP contribution in [0.5, 0.6) is 5.75 Å². The number of fused-ring (bicyclic) bond motifs is 2. The van der Waals surface area contributed by atoms with Gasteiger partial charge in [0.05, 0.1) is 12.6 Å². The molecule has 0 N–H and O–H groups in total. The molecule has 7 heteroatoms. The predicted molar refractivity (Wildman–Crippen MR) is 111 cm³/mol. The fourth-order valence-corrected chi connectivity index (χ4v) is 6.01. The number of rotatable bonds is 5. The summed E-state index contributed by atoms with van der Waals surface area (Å²) in [7, 11) is -1.97. The van der Waals surface area contributed by atoms with Gasteiger partial charge in [-0.05, 0) is 37.1 Å². The summed E-state index contributed by atoms with van der Waals surface area (Å²) in [5.74, 6) is 0.461. The van der Waals surface area contributed by atoms with E-state index in [2.05, 4.69) is 4.90 Å². The summed E-state index contributed by atoms with van der Waals surface area (Å²) in [6.45, 7) is 3.56. The Hall–Kier alpha value is -1.93. The topological polar surface area (TPSA) is 59.1 Å². The lowest BCUT2D eigenvalue weighted by molar-refractivity contribution is 0.110. The van der Waals surface area contributed by atoms with Crippen LogP contribution in [-0.2, 0) is 21.3 Å². The van der Waals surface area contributed by atoms with E-state index in [4.69, 9.17) is 9.47 Å². The number of likely N-dealkylation sites (tertiary alicyclic amines) is 1. The third-order valence-electron chi connectivity index (χ3n) is 5.78. The number of benzene rings is 2. The summed E-state index contributed by atoms with van der Waals surface area (Å²) in [6.07, 6.45) is 1.34. The largest absolute Gasteiger partial charge is 0.487 e.